The van der Waals surface area contributed by atoms with Crippen molar-refractivity contribution in [1.29, 1.82) is 0 Å². The van der Waals surface area contributed by atoms with Gasteiger partial charge in [0.15, 0.2) is 0 Å². The molecule has 1 N–H and O–H groups in total. The number of hydrogen-bond donors (Lipinski definition) is 1. The minimum absolute atomic E-state index is 0.282. The maximum Gasteiger partial charge on any atom is 0.261 e. The predicted molar refractivity (Wildman–Crippen MR) is 94.0 cm³/mol. The molecule has 8 heteroatoms. The van der Waals surface area contributed by atoms with Gasteiger partial charge < -0.3 is 9.26 Å². The van der Waals surface area contributed by atoms with Crippen molar-refractivity contribution < 1.29 is 14.1 Å². The number of nitrogens with zero attached hydrogens (tertiary/aromatic N) is 3. The highest BCUT2D eigenvalue weighted by molar-refractivity contribution is 7.15. The molecule has 3 aromatic rings. The van der Waals surface area contributed by atoms with Crippen LogP contribution in [0.5, 0.6) is 5.75 Å². The SMILES string of the molecule is CCc1nnc(NC(=O)c2ccccc2OCc2c(C)noc2C)s1. The lowest BCUT2D eigenvalue weighted by molar-refractivity contribution is 0.102. The van der Waals surface area contributed by atoms with Gasteiger partial charge in [-0.1, -0.05) is 35.5 Å². The van der Waals surface area contributed by atoms with Crippen molar-refractivity contribution in [3.05, 3.63) is 51.9 Å². The van der Waals surface area contributed by atoms with Crippen molar-refractivity contribution in [1.82, 2.24) is 15.4 Å². The van der Waals surface area contributed by atoms with E-state index in [2.05, 4.69) is 20.7 Å². The second kappa shape index (κ2) is 7.43. The van der Waals surface area contributed by atoms with Crippen LogP contribution in [0.15, 0.2) is 28.8 Å². The van der Waals surface area contributed by atoms with Gasteiger partial charge >= 0.3 is 0 Å². The number of aryl methyl sites for hydroxylation is 3. The van der Waals surface area contributed by atoms with Crippen molar-refractivity contribution >= 4 is 22.4 Å². The first-order valence-electron chi connectivity index (χ1n) is 7.85. The van der Waals surface area contributed by atoms with Gasteiger partial charge in [0, 0.05) is 0 Å². The Morgan fingerprint density at radius 2 is 2.08 bits per heavy atom. The summed E-state index contributed by atoms with van der Waals surface area (Å²) in [5.41, 5.74) is 2.09. The number of amides is 1. The van der Waals surface area contributed by atoms with E-state index in [0.717, 1.165) is 22.7 Å². The van der Waals surface area contributed by atoms with E-state index in [4.69, 9.17) is 9.26 Å². The van der Waals surface area contributed by atoms with Crippen LogP contribution in [0.25, 0.3) is 0 Å². The molecule has 130 valence electrons. The second-order valence-corrected chi connectivity index (χ2v) is 6.46. The molecule has 0 saturated carbocycles. The van der Waals surface area contributed by atoms with Gasteiger partial charge in [-0.05, 0) is 32.4 Å². The van der Waals surface area contributed by atoms with Gasteiger partial charge in [-0.25, -0.2) is 0 Å². The minimum Gasteiger partial charge on any atom is -0.488 e. The van der Waals surface area contributed by atoms with E-state index < -0.39 is 0 Å². The third-order valence-corrected chi connectivity index (χ3v) is 4.66. The molecule has 1 amide bonds. The van der Waals surface area contributed by atoms with Crippen molar-refractivity contribution in [3.8, 4) is 5.75 Å². The molecule has 3 rings (SSSR count). The summed E-state index contributed by atoms with van der Waals surface area (Å²) in [7, 11) is 0. The van der Waals surface area contributed by atoms with Crippen LogP contribution < -0.4 is 10.1 Å². The van der Waals surface area contributed by atoms with E-state index in [-0.39, 0.29) is 12.5 Å². The molecule has 0 saturated heterocycles. The molecule has 0 aliphatic heterocycles. The Bertz CT molecular complexity index is 868. The maximum atomic E-state index is 12.5. The number of aromatic nitrogens is 3. The minimum atomic E-state index is -0.284. The van der Waals surface area contributed by atoms with Crippen LogP contribution in [0, 0.1) is 13.8 Å². The summed E-state index contributed by atoms with van der Waals surface area (Å²) in [6.07, 6.45) is 0.782. The lowest BCUT2D eigenvalue weighted by Gasteiger charge is -2.10. The molecule has 2 aromatic heterocycles. The number of hydrogen-bond acceptors (Lipinski definition) is 7. The first-order valence-corrected chi connectivity index (χ1v) is 8.67. The van der Waals surface area contributed by atoms with Crippen LogP contribution in [0.2, 0.25) is 0 Å². The lowest BCUT2D eigenvalue weighted by atomic mass is 10.2. The van der Waals surface area contributed by atoms with E-state index in [1.807, 2.05) is 26.8 Å². The molecule has 7 nitrogen and oxygen atoms in total. The number of para-hydroxylation sites is 1. The number of rotatable bonds is 6. The molecule has 0 bridgehead atoms. The Labute approximate surface area is 149 Å². The summed E-state index contributed by atoms with van der Waals surface area (Å²) in [4.78, 5) is 12.5. The highest BCUT2D eigenvalue weighted by atomic mass is 32.1. The zero-order valence-corrected chi connectivity index (χ0v) is 15.0. The van der Waals surface area contributed by atoms with Gasteiger partial charge in [0.2, 0.25) is 5.13 Å². The van der Waals surface area contributed by atoms with Crippen LogP contribution in [-0.2, 0) is 13.0 Å². The molecule has 0 atom stereocenters. The summed E-state index contributed by atoms with van der Waals surface area (Å²) in [6, 6.07) is 7.07. The fraction of sp³-hybridized carbons (Fsp3) is 0.294. The average Bonchev–Trinajstić information content (AvgIpc) is 3.20. The quantitative estimate of drug-likeness (QED) is 0.725. The molecule has 0 aliphatic rings. The van der Waals surface area contributed by atoms with E-state index >= 15 is 0 Å². The number of benzene rings is 1. The molecule has 25 heavy (non-hydrogen) atoms. The van der Waals surface area contributed by atoms with E-state index in [9.17, 15) is 4.79 Å². The normalized spacial score (nSPS) is 10.7. The molecule has 1 aromatic carbocycles. The first kappa shape index (κ1) is 17.1. The lowest BCUT2D eigenvalue weighted by Crippen LogP contribution is -2.13. The van der Waals surface area contributed by atoms with E-state index in [1.165, 1.54) is 11.3 Å². The number of nitrogens with one attached hydrogen (secondary N) is 1. The van der Waals surface area contributed by atoms with Crippen LogP contribution >= 0.6 is 11.3 Å². The third-order valence-electron chi connectivity index (χ3n) is 3.67. The molecule has 0 aliphatic carbocycles. The van der Waals surface area contributed by atoms with Gasteiger partial charge in [-0.2, -0.15) is 0 Å². The van der Waals surface area contributed by atoms with Crippen LogP contribution in [0.4, 0.5) is 5.13 Å². The van der Waals surface area contributed by atoms with Gasteiger partial charge in [0.1, 0.15) is 23.1 Å². The Kier molecular flexibility index (Phi) is 5.08. The van der Waals surface area contributed by atoms with Gasteiger partial charge in [0.25, 0.3) is 5.91 Å². The zero-order valence-electron chi connectivity index (χ0n) is 14.2. The average molecular weight is 358 g/mol. The molecule has 0 unspecified atom stereocenters. The fourth-order valence-electron chi connectivity index (χ4n) is 2.25. The Hall–Kier alpha value is -2.74. The summed E-state index contributed by atoms with van der Waals surface area (Å²) in [5, 5.41) is 16.0. The molecule has 0 spiro atoms. The smallest absolute Gasteiger partial charge is 0.261 e. The van der Waals surface area contributed by atoms with Crippen LogP contribution in [0.3, 0.4) is 0 Å². The fourth-order valence-corrected chi connectivity index (χ4v) is 2.92. The number of carbonyl (C=O) groups is 1. The van der Waals surface area contributed by atoms with Crippen molar-refractivity contribution in [2.45, 2.75) is 33.8 Å². The second-order valence-electron chi connectivity index (χ2n) is 5.40. The molecule has 2 heterocycles. The molecular weight excluding hydrogens is 340 g/mol. The molecular formula is C17H18N4O3S. The topological polar surface area (TPSA) is 90.1 Å². The van der Waals surface area contributed by atoms with Gasteiger partial charge in [0.05, 0.1) is 16.8 Å². The van der Waals surface area contributed by atoms with Crippen molar-refractivity contribution in [2.24, 2.45) is 0 Å². The number of carbonyl (C=O) groups excluding carboxylic acids is 1. The highest BCUT2D eigenvalue weighted by Crippen LogP contribution is 2.23. The molecule has 0 radical (unpaired) electrons. The summed E-state index contributed by atoms with van der Waals surface area (Å²) in [5.74, 6) is 0.911. The first-order chi connectivity index (χ1) is 12.1. The number of anilines is 1. The van der Waals surface area contributed by atoms with E-state index in [1.54, 1.807) is 18.2 Å². The summed E-state index contributed by atoms with van der Waals surface area (Å²) >= 11 is 1.36. The highest BCUT2D eigenvalue weighted by Gasteiger charge is 2.16. The van der Waals surface area contributed by atoms with Gasteiger partial charge in [-0.3, -0.25) is 10.1 Å². The van der Waals surface area contributed by atoms with Crippen LogP contribution in [-0.4, -0.2) is 21.3 Å². The predicted octanol–water partition coefficient (Wildman–Crippen LogP) is 3.54. The van der Waals surface area contributed by atoms with E-state index in [0.29, 0.717) is 22.2 Å². The summed E-state index contributed by atoms with van der Waals surface area (Å²) in [6.45, 7) is 5.96. The van der Waals surface area contributed by atoms with Crippen molar-refractivity contribution in [3.63, 3.8) is 0 Å². The third kappa shape index (κ3) is 3.85. The monoisotopic (exact) mass is 358 g/mol. The standard InChI is InChI=1S/C17H18N4O3S/c1-4-15-19-20-17(25-15)18-16(22)12-7-5-6-8-14(12)23-9-13-10(2)21-24-11(13)3/h5-8H,4,9H2,1-3H3,(H,18,20,22). The van der Waals surface area contributed by atoms with Crippen molar-refractivity contribution in [2.75, 3.05) is 5.32 Å². The summed E-state index contributed by atoms with van der Waals surface area (Å²) < 4.78 is 11.0. The Balaban J connectivity index is 1.74. The molecule has 0 fully saturated rings. The zero-order chi connectivity index (χ0) is 17.8. The Morgan fingerprint density at radius 3 is 2.76 bits per heavy atom. The van der Waals surface area contributed by atoms with Gasteiger partial charge in [-0.15, -0.1) is 10.2 Å². The number of ether oxygens (including phenoxy) is 1. The van der Waals surface area contributed by atoms with Crippen LogP contribution in [0.1, 0.15) is 39.3 Å². The largest absolute Gasteiger partial charge is 0.488 e. The maximum absolute atomic E-state index is 12.5. The Morgan fingerprint density at radius 1 is 1.28 bits per heavy atom.